The van der Waals surface area contributed by atoms with Gasteiger partial charge in [0.2, 0.25) is 10.0 Å². The number of aromatic nitrogens is 2. The third-order valence-corrected chi connectivity index (χ3v) is 4.25. The summed E-state index contributed by atoms with van der Waals surface area (Å²) in [6, 6.07) is 0. The number of aryl methyl sites for hydroxylation is 1. The van der Waals surface area contributed by atoms with Gasteiger partial charge in [-0.15, -0.1) is 0 Å². The first-order valence-corrected chi connectivity index (χ1v) is 9.23. The van der Waals surface area contributed by atoms with Crippen LogP contribution < -0.4 is 10.5 Å². The number of carbonyl (C=O) groups excluding carboxylic acids is 1. The van der Waals surface area contributed by atoms with Crippen molar-refractivity contribution in [3.63, 3.8) is 0 Å². The fourth-order valence-corrected chi connectivity index (χ4v) is 2.93. The lowest BCUT2D eigenvalue weighted by Crippen LogP contribution is -2.30. The molecule has 4 N–H and O–H groups in total. The number of sulfonamides is 1. The van der Waals surface area contributed by atoms with Gasteiger partial charge in [-0.1, -0.05) is 13.3 Å². The van der Waals surface area contributed by atoms with E-state index >= 15 is 0 Å². The molecule has 0 saturated carbocycles. The van der Waals surface area contributed by atoms with E-state index in [4.69, 9.17) is 5.14 Å². The largest absolute Gasteiger partial charge is 0.350 e. The van der Waals surface area contributed by atoms with Crippen LogP contribution in [0.5, 0.6) is 0 Å². The molecule has 0 fully saturated rings. The molecular formula is C10H18N4O4S2. The summed E-state index contributed by atoms with van der Waals surface area (Å²) >= 11 is 0. The van der Waals surface area contributed by atoms with E-state index in [1.807, 2.05) is 6.92 Å². The molecule has 0 aliphatic heterocycles. The number of rotatable bonds is 7. The van der Waals surface area contributed by atoms with E-state index in [0.29, 0.717) is 18.5 Å². The second-order valence-electron chi connectivity index (χ2n) is 4.21. The average Bonchev–Trinajstić information content (AvgIpc) is 2.72. The number of carbonyl (C=O) groups is 1. The zero-order valence-electron chi connectivity index (χ0n) is 11.3. The Morgan fingerprint density at radius 1 is 1.50 bits per heavy atom. The molecule has 10 heteroatoms. The Hall–Kier alpha value is -1.26. The zero-order valence-corrected chi connectivity index (χ0v) is 12.9. The van der Waals surface area contributed by atoms with E-state index < -0.39 is 26.7 Å². The number of nitrogens with one attached hydrogen (secondary N) is 2. The number of nitrogens with zero attached hydrogens (tertiary/aromatic N) is 1. The summed E-state index contributed by atoms with van der Waals surface area (Å²) in [5.74, 6) is -0.374. The van der Waals surface area contributed by atoms with Crippen LogP contribution in [-0.4, -0.2) is 47.3 Å². The lowest BCUT2D eigenvalue weighted by molar-refractivity contribution is 0.0948. The maximum Gasteiger partial charge on any atom is 0.273 e. The molecule has 1 unspecified atom stereocenters. The van der Waals surface area contributed by atoms with Gasteiger partial charge >= 0.3 is 0 Å². The number of nitrogens with two attached hydrogens (primary N) is 1. The van der Waals surface area contributed by atoms with Gasteiger partial charge in [0, 0.05) is 29.4 Å². The van der Waals surface area contributed by atoms with Crippen LogP contribution in [0.15, 0.2) is 4.90 Å². The predicted molar refractivity (Wildman–Crippen MR) is 75.2 cm³/mol. The minimum absolute atomic E-state index is 0.169. The van der Waals surface area contributed by atoms with Gasteiger partial charge in [0.05, 0.1) is 5.69 Å². The maximum atomic E-state index is 11.9. The number of hydrogen-bond donors (Lipinski definition) is 3. The van der Waals surface area contributed by atoms with Crippen LogP contribution in [0.4, 0.5) is 0 Å². The van der Waals surface area contributed by atoms with E-state index in [1.165, 1.54) is 6.26 Å². The van der Waals surface area contributed by atoms with Crippen molar-refractivity contribution in [3.05, 3.63) is 11.4 Å². The number of aromatic amines is 1. The first-order valence-electron chi connectivity index (χ1n) is 5.95. The van der Waals surface area contributed by atoms with Crippen LogP contribution in [0.25, 0.3) is 0 Å². The monoisotopic (exact) mass is 322 g/mol. The molecule has 1 rings (SSSR count). The topological polar surface area (TPSA) is 135 Å². The van der Waals surface area contributed by atoms with Gasteiger partial charge < -0.3 is 5.32 Å². The fraction of sp³-hybridized carbons (Fsp3) is 0.600. The third kappa shape index (κ3) is 4.39. The van der Waals surface area contributed by atoms with Crippen molar-refractivity contribution >= 4 is 26.7 Å². The van der Waals surface area contributed by atoms with E-state index in [-0.39, 0.29) is 22.9 Å². The molecule has 0 aliphatic rings. The molecule has 0 radical (unpaired) electrons. The Morgan fingerprint density at radius 2 is 2.15 bits per heavy atom. The van der Waals surface area contributed by atoms with Crippen molar-refractivity contribution in [2.24, 2.45) is 5.14 Å². The molecule has 1 amide bonds. The minimum atomic E-state index is -4.04. The normalized spacial score (nSPS) is 13.2. The molecule has 0 saturated heterocycles. The van der Waals surface area contributed by atoms with E-state index in [9.17, 15) is 17.4 Å². The van der Waals surface area contributed by atoms with Gasteiger partial charge in [-0.3, -0.25) is 14.1 Å². The summed E-state index contributed by atoms with van der Waals surface area (Å²) in [4.78, 5) is 11.6. The second-order valence-corrected chi connectivity index (χ2v) is 7.26. The minimum Gasteiger partial charge on any atom is -0.350 e. The van der Waals surface area contributed by atoms with Gasteiger partial charge in [0.15, 0.2) is 5.69 Å². The molecule has 114 valence electrons. The molecule has 1 aromatic heterocycles. The van der Waals surface area contributed by atoms with Crippen LogP contribution in [-0.2, 0) is 27.2 Å². The van der Waals surface area contributed by atoms with Crippen molar-refractivity contribution in [3.8, 4) is 0 Å². The molecule has 0 aromatic carbocycles. The molecule has 20 heavy (non-hydrogen) atoms. The van der Waals surface area contributed by atoms with Crippen LogP contribution >= 0.6 is 0 Å². The lowest BCUT2D eigenvalue weighted by Gasteiger charge is -2.04. The van der Waals surface area contributed by atoms with Gasteiger partial charge in [0.1, 0.15) is 4.90 Å². The van der Waals surface area contributed by atoms with Crippen LogP contribution in [0, 0.1) is 0 Å². The highest BCUT2D eigenvalue weighted by Crippen LogP contribution is 2.18. The summed E-state index contributed by atoms with van der Waals surface area (Å²) in [6.45, 7) is 2.03. The highest BCUT2D eigenvalue weighted by molar-refractivity contribution is 7.89. The highest BCUT2D eigenvalue weighted by atomic mass is 32.2. The van der Waals surface area contributed by atoms with Crippen LogP contribution in [0.1, 0.15) is 29.5 Å². The number of primary sulfonamides is 1. The van der Waals surface area contributed by atoms with Gasteiger partial charge in [-0.05, 0) is 6.42 Å². The number of hydrogen-bond acceptors (Lipinski definition) is 5. The molecule has 1 heterocycles. The quantitative estimate of drug-likeness (QED) is 0.599. The Morgan fingerprint density at radius 3 is 2.65 bits per heavy atom. The number of H-pyrrole nitrogens is 1. The zero-order chi connectivity index (χ0) is 15.3. The molecule has 0 spiro atoms. The van der Waals surface area contributed by atoms with Crippen molar-refractivity contribution < 1.29 is 17.4 Å². The van der Waals surface area contributed by atoms with E-state index in [1.54, 1.807) is 0 Å². The Balaban J connectivity index is 3.00. The highest BCUT2D eigenvalue weighted by Gasteiger charge is 2.26. The molecule has 1 aromatic rings. The standard InChI is InChI=1S/C10H18N4O4S2/c1-3-4-7-9(20(11,17)18)8(14-13-7)10(15)12-5-6-19(2)16/h3-6H2,1-2H3,(H,12,15)(H,13,14)(H2,11,17,18). The Labute approximate surface area is 120 Å². The molecule has 1 atom stereocenters. The molecular weight excluding hydrogens is 304 g/mol. The van der Waals surface area contributed by atoms with Gasteiger partial charge in [-0.2, -0.15) is 5.10 Å². The summed E-state index contributed by atoms with van der Waals surface area (Å²) in [6.07, 6.45) is 2.61. The third-order valence-electron chi connectivity index (χ3n) is 2.47. The summed E-state index contributed by atoms with van der Waals surface area (Å²) in [5.41, 5.74) is 0.0667. The van der Waals surface area contributed by atoms with Crippen molar-refractivity contribution in [1.29, 1.82) is 0 Å². The smallest absolute Gasteiger partial charge is 0.273 e. The first kappa shape index (κ1) is 16.8. The summed E-state index contributed by atoms with van der Waals surface area (Å²) in [7, 11) is -5.09. The number of amides is 1. The van der Waals surface area contributed by atoms with Crippen molar-refractivity contribution in [1.82, 2.24) is 15.5 Å². The fourth-order valence-electron chi connectivity index (χ4n) is 1.64. The molecule has 0 bridgehead atoms. The van der Waals surface area contributed by atoms with Crippen LogP contribution in [0.2, 0.25) is 0 Å². The lowest BCUT2D eigenvalue weighted by atomic mass is 10.2. The molecule has 0 aliphatic carbocycles. The molecule has 8 nitrogen and oxygen atoms in total. The average molecular weight is 322 g/mol. The van der Waals surface area contributed by atoms with Crippen LogP contribution in [0.3, 0.4) is 0 Å². The Bertz CT molecular complexity index is 609. The van der Waals surface area contributed by atoms with Gasteiger partial charge in [-0.25, -0.2) is 13.6 Å². The Kier molecular flexibility index (Phi) is 5.84. The van der Waals surface area contributed by atoms with Crippen molar-refractivity contribution in [2.75, 3.05) is 18.6 Å². The first-order chi connectivity index (χ1) is 9.27. The second kappa shape index (κ2) is 6.95. The summed E-state index contributed by atoms with van der Waals surface area (Å²) < 4.78 is 34.1. The SMILES string of the molecule is CCCc1[nH]nc(C(=O)NCCS(C)=O)c1S(N)(=O)=O. The van der Waals surface area contributed by atoms with E-state index in [0.717, 1.165) is 0 Å². The van der Waals surface area contributed by atoms with Crippen molar-refractivity contribution in [2.45, 2.75) is 24.7 Å². The predicted octanol–water partition coefficient (Wildman–Crippen LogP) is -0.882. The van der Waals surface area contributed by atoms with E-state index in [2.05, 4.69) is 15.5 Å². The van der Waals surface area contributed by atoms with Gasteiger partial charge in [0.25, 0.3) is 5.91 Å². The maximum absolute atomic E-state index is 11.9. The summed E-state index contributed by atoms with van der Waals surface area (Å²) in [5, 5.41) is 13.9.